The van der Waals surface area contributed by atoms with Gasteiger partial charge in [-0.1, -0.05) is 17.7 Å². The van der Waals surface area contributed by atoms with Gasteiger partial charge in [0.2, 0.25) is 0 Å². The number of aryl methyl sites for hydroxylation is 1. The minimum absolute atomic E-state index is 0.734. The van der Waals surface area contributed by atoms with Crippen molar-refractivity contribution in [2.75, 3.05) is 5.32 Å². The molecule has 0 atom stereocenters. The van der Waals surface area contributed by atoms with Gasteiger partial charge in [0.1, 0.15) is 11.3 Å². The minimum atomic E-state index is 0.734. The molecular weight excluding hydrogens is 256 g/mol. The van der Waals surface area contributed by atoms with Gasteiger partial charge in [0.25, 0.3) is 0 Å². The third kappa shape index (κ3) is 2.85. The Hall–Kier alpha value is -2.07. The van der Waals surface area contributed by atoms with Gasteiger partial charge in [0, 0.05) is 16.6 Å². The molecule has 3 rings (SSSR count). The van der Waals surface area contributed by atoms with Crippen molar-refractivity contribution in [3.05, 3.63) is 59.5 Å². The number of furan rings is 1. The topological polar surface area (TPSA) is 38.1 Å². The Kier molecular flexibility index (Phi) is 3.33. The van der Waals surface area contributed by atoms with Gasteiger partial charge in [-0.15, -0.1) is 11.3 Å². The van der Waals surface area contributed by atoms with Crippen LogP contribution < -0.4 is 5.32 Å². The monoisotopic (exact) mass is 270 g/mol. The lowest BCUT2D eigenvalue weighted by Crippen LogP contribution is -1.99. The summed E-state index contributed by atoms with van der Waals surface area (Å²) in [6.07, 6.45) is 3.39. The first-order chi connectivity index (χ1) is 9.31. The highest BCUT2D eigenvalue weighted by Gasteiger charge is 2.05. The fourth-order valence-electron chi connectivity index (χ4n) is 1.77. The number of benzene rings is 1. The maximum absolute atomic E-state index is 5.07. The lowest BCUT2D eigenvalue weighted by molar-refractivity contribution is 0.568. The Labute approximate surface area is 115 Å². The summed E-state index contributed by atoms with van der Waals surface area (Å²) >= 11 is 1.63. The number of thiazole rings is 1. The van der Waals surface area contributed by atoms with Gasteiger partial charge < -0.3 is 9.73 Å². The summed E-state index contributed by atoms with van der Waals surface area (Å²) < 4.78 is 5.07. The minimum Gasteiger partial charge on any atom is -0.472 e. The number of nitrogens with zero attached hydrogens (tertiary/aromatic N) is 1. The SMILES string of the molecule is Cc1ccc(NCc2csc(-c3ccoc3)n2)cc1. The molecule has 96 valence electrons. The molecule has 0 aliphatic heterocycles. The van der Waals surface area contributed by atoms with Crippen LogP contribution in [0.5, 0.6) is 0 Å². The molecule has 0 radical (unpaired) electrons. The smallest absolute Gasteiger partial charge is 0.126 e. The van der Waals surface area contributed by atoms with Gasteiger partial charge in [-0.2, -0.15) is 0 Å². The first kappa shape index (κ1) is 12.0. The van der Waals surface area contributed by atoms with Crippen molar-refractivity contribution in [3.63, 3.8) is 0 Å². The molecular formula is C15H14N2OS. The third-order valence-corrected chi connectivity index (χ3v) is 3.79. The Morgan fingerprint density at radius 1 is 1.21 bits per heavy atom. The van der Waals surface area contributed by atoms with Gasteiger partial charge in [-0.3, -0.25) is 0 Å². The second kappa shape index (κ2) is 5.28. The third-order valence-electron chi connectivity index (χ3n) is 2.85. The van der Waals surface area contributed by atoms with Crippen LogP contribution in [0.1, 0.15) is 11.3 Å². The normalized spacial score (nSPS) is 10.6. The lowest BCUT2D eigenvalue weighted by atomic mass is 10.2. The first-order valence-electron chi connectivity index (χ1n) is 6.09. The molecule has 0 bridgehead atoms. The van der Waals surface area contributed by atoms with Crippen LogP contribution in [0.4, 0.5) is 5.69 Å². The van der Waals surface area contributed by atoms with E-state index < -0.39 is 0 Å². The number of aromatic nitrogens is 1. The zero-order chi connectivity index (χ0) is 13.1. The van der Waals surface area contributed by atoms with Crippen LogP contribution in [-0.2, 0) is 6.54 Å². The summed E-state index contributed by atoms with van der Waals surface area (Å²) in [4.78, 5) is 4.58. The van der Waals surface area contributed by atoms with Crippen LogP contribution in [0.15, 0.2) is 52.7 Å². The van der Waals surface area contributed by atoms with E-state index >= 15 is 0 Å². The average molecular weight is 270 g/mol. The molecule has 4 heteroatoms. The highest BCUT2D eigenvalue weighted by molar-refractivity contribution is 7.13. The van der Waals surface area contributed by atoms with Gasteiger partial charge in [-0.05, 0) is 25.1 Å². The molecule has 3 nitrogen and oxygen atoms in total. The first-order valence-corrected chi connectivity index (χ1v) is 6.97. The quantitative estimate of drug-likeness (QED) is 0.767. The Balaban J connectivity index is 1.66. The van der Waals surface area contributed by atoms with E-state index in [1.165, 1.54) is 5.56 Å². The predicted molar refractivity (Wildman–Crippen MR) is 78.3 cm³/mol. The molecule has 1 aromatic carbocycles. The van der Waals surface area contributed by atoms with Crippen molar-refractivity contribution in [2.24, 2.45) is 0 Å². The van der Waals surface area contributed by atoms with E-state index in [0.29, 0.717) is 0 Å². The molecule has 0 fully saturated rings. The van der Waals surface area contributed by atoms with Crippen molar-refractivity contribution >= 4 is 17.0 Å². The van der Waals surface area contributed by atoms with Crippen molar-refractivity contribution in [2.45, 2.75) is 13.5 Å². The van der Waals surface area contributed by atoms with Crippen LogP contribution >= 0.6 is 11.3 Å². The molecule has 19 heavy (non-hydrogen) atoms. The average Bonchev–Trinajstić information content (AvgIpc) is 3.09. The highest BCUT2D eigenvalue weighted by atomic mass is 32.1. The molecule has 2 heterocycles. The van der Waals surface area contributed by atoms with E-state index in [-0.39, 0.29) is 0 Å². The predicted octanol–water partition coefficient (Wildman–Crippen LogP) is 4.32. The van der Waals surface area contributed by atoms with Crippen LogP contribution in [-0.4, -0.2) is 4.98 Å². The fourth-order valence-corrected chi connectivity index (χ4v) is 2.58. The molecule has 0 aliphatic rings. The summed E-state index contributed by atoms with van der Waals surface area (Å²) in [5.74, 6) is 0. The van der Waals surface area contributed by atoms with Gasteiger partial charge >= 0.3 is 0 Å². The van der Waals surface area contributed by atoms with E-state index in [9.17, 15) is 0 Å². The van der Waals surface area contributed by atoms with E-state index in [2.05, 4.69) is 46.9 Å². The molecule has 2 aromatic heterocycles. The van der Waals surface area contributed by atoms with Crippen molar-refractivity contribution in [1.82, 2.24) is 4.98 Å². The van der Waals surface area contributed by atoms with E-state index in [1.807, 2.05) is 6.07 Å². The molecule has 1 N–H and O–H groups in total. The zero-order valence-electron chi connectivity index (χ0n) is 10.6. The number of nitrogens with one attached hydrogen (secondary N) is 1. The number of rotatable bonds is 4. The molecule has 0 aliphatic carbocycles. The van der Waals surface area contributed by atoms with Crippen LogP contribution in [0, 0.1) is 6.92 Å². The van der Waals surface area contributed by atoms with E-state index in [0.717, 1.165) is 28.5 Å². The molecule has 0 saturated heterocycles. The van der Waals surface area contributed by atoms with Crippen LogP contribution in [0.2, 0.25) is 0 Å². The van der Waals surface area contributed by atoms with Gasteiger partial charge in [0.15, 0.2) is 0 Å². The summed E-state index contributed by atoms with van der Waals surface area (Å²) in [7, 11) is 0. The molecule has 3 aromatic rings. The molecule has 0 spiro atoms. The Bertz CT molecular complexity index is 641. The van der Waals surface area contributed by atoms with Gasteiger partial charge in [-0.25, -0.2) is 4.98 Å². The largest absolute Gasteiger partial charge is 0.472 e. The van der Waals surface area contributed by atoms with Gasteiger partial charge in [0.05, 0.1) is 18.5 Å². The molecule has 0 amide bonds. The lowest BCUT2D eigenvalue weighted by Gasteiger charge is -2.04. The van der Waals surface area contributed by atoms with E-state index in [4.69, 9.17) is 4.42 Å². The standard InChI is InChI=1S/C15H14N2OS/c1-11-2-4-13(5-3-11)16-8-14-10-19-15(17-14)12-6-7-18-9-12/h2-7,9-10,16H,8H2,1H3. The summed E-state index contributed by atoms with van der Waals surface area (Å²) in [6, 6.07) is 10.3. The number of hydrogen-bond donors (Lipinski definition) is 1. The van der Waals surface area contributed by atoms with E-state index in [1.54, 1.807) is 23.9 Å². The molecule has 0 saturated carbocycles. The van der Waals surface area contributed by atoms with Crippen molar-refractivity contribution in [3.8, 4) is 10.6 Å². The second-order valence-corrected chi connectivity index (χ2v) is 5.23. The summed E-state index contributed by atoms with van der Waals surface area (Å²) in [6.45, 7) is 2.82. The zero-order valence-corrected chi connectivity index (χ0v) is 11.4. The number of anilines is 1. The number of hydrogen-bond acceptors (Lipinski definition) is 4. The highest BCUT2D eigenvalue weighted by Crippen LogP contribution is 2.24. The van der Waals surface area contributed by atoms with Crippen LogP contribution in [0.25, 0.3) is 10.6 Å². The Morgan fingerprint density at radius 2 is 2.05 bits per heavy atom. The summed E-state index contributed by atoms with van der Waals surface area (Å²) in [5.41, 5.74) is 4.46. The van der Waals surface area contributed by atoms with Crippen molar-refractivity contribution in [1.29, 1.82) is 0 Å². The fraction of sp³-hybridized carbons (Fsp3) is 0.133. The van der Waals surface area contributed by atoms with Crippen LogP contribution in [0.3, 0.4) is 0 Å². The molecule has 0 unspecified atom stereocenters. The Morgan fingerprint density at radius 3 is 2.79 bits per heavy atom. The maximum Gasteiger partial charge on any atom is 0.126 e. The van der Waals surface area contributed by atoms with Crippen molar-refractivity contribution < 1.29 is 4.42 Å². The summed E-state index contributed by atoms with van der Waals surface area (Å²) in [5, 5.41) is 6.44. The maximum atomic E-state index is 5.07. The second-order valence-electron chi connectivity index (χ2n) is 4.38.